The highest BCUT2D eigenvalue weighted by molar-refractivity contribution is 5.29. The number of hydrogen-bond donors (Lipinski definition) is 1. The summed E-state index contributed by atoms with van der Waals surface area (Å²) in [6.45, 7) is 6.78. The van der Waals surface area contributed by atoms with E-state index in [1.807, 2.05) is 18.5 Å². The summed E-state index contributed by atoms with van der Waals surface area (Å²) in [6.07, 6.45) is 9.05. The number of piperazine rings is 1. The first-order valence-electron chi connectivity index (χ1n) is 7.89. The van der Waals surface area contributed by atoms with Crippen molar-refractivity contribution in [1.82, 2.24) is 20.2 Å². The molecule has 0 amide bonds. The van der Waals surface area contributed by atoms with E-state index in [0.717, 1.165) is 38.2 Å². The molecule has 2 saturated heterocycles. The predicted molar refractivity (Wildman–Crippen MR) is 80.9 cm³/mol. The highest BCUT2D eigenvalue weighted by atomic mass is 15.3. The normalized spacial score (nSPS) is 24.8. The van der Waals surface area contributed by atoms with Crippen LogP contribution in [-0.2, 0) is 0 Å². The maximum absolute atomic E-state index is 4.33. The van der Waals surface area contributed by atoms with Crippen molar-refractivity contribution in [2.75, 3.05) is 44.2 Å². The Morgan fingerprint density at radius 2 is 1.90 bits per heavy atom. The van der Waals surface area contributed by atoms with Crippen molar-refractivity contribution in [3.63, 3.8) is 0 Å². The summed E-state index contributed by atoms with van der Waals surface area (Å²) in [6, 6.07) is 2.62. The predicted octanol–water partition coefficient (Wildman–Crippen LogP) is 1.13. The minimum atomic E-state index is 0.749. The largest absolute Gasteiger partial charge is 0.338 e. The van der Waals surface area contributed by atoms with E-state index < -0.39 is 0 Å². The first-order valence-corrected chi connectivity index (χ1v) is 7.89. The number of aromatic nitrogens is 2. The van der Waals surface area contributed by atoms with E-state index in [0.29, 0.717) is 0 Å². The number of hydrogen-bond acceptors (Lipinski definition) is 5. The van der Waals surface area contributed by atoms with Gasteiger partial charge < -0.3 is 10.2 Å². The molecule has 0 bridgehead atoms. The Morgan fingerprint density at radius 3 is 2.60 bits per heavy atom. The summed E-state index contributed by atoms with van der Waals surface area (Å²) >= 11 is 0. The van der Waals surface area contributed by atoms with Gasteiger partial charge in [0.1, 0.15) is 0 Å². The van der Waals surface area contributed by atoms with Crippen LogP contribution in [0.4, 0.5) is 5.95 Å². The molecule has 1 N–H and O–H groups in total. The van der Waals surface area contributed by atoms with Crippen molar-refractivity contribution >= 4 is 5.95 Å². The molecular weight excluding hydrogens is 250 g/mol. The Kier molecular flexibility index (Phi) is 4.82. The van der Waals surface area contributed by atoms with E-state index in [2.05, 4.69) is 25.1 Å². The summed E-state index contributed by atoms with van der Waals surface area (Å²) < 4.78 is 0. The van der Waals surface area contributed by atoms with Gasteiger partial charge in [0.05, 0.1) is 0 Å². The fourth-order valence-corrected chi connectivity index (χ4v) is 3.13. The summed E-state index contributed by atoms with van der Waals surface area (Å²) in [7, 11) is 0. The lowest BCUT2D eigenvalue weighted by atomic mass is 10.0. The van der Waals surface area contributed by atoms with Gasteiger partial charge in [0.15, 0.2) is 0 Å². The molecule has 3 heterocycles. The van der Waals surface area contributed by atoms with Crippen LogP contribution >= 0.6 is 0 Å². The molecule has 0 spiro atoms. The third-order valence-electron chi connectivity index (χ3n) is 4.41. The summed E-state index contributed by atoms with van der Waals surface area (Å²) in [4.78, 5) is 13.5. The van der Waals surface area contributed by atoms with E-state index in [1.165, 1.54) is 38.8 Å². The molecule has 3 rings (SSSR count). The molecule has 0 aliphatic carbocycles. The van der Waals surface area contributed by atoms with Crippen LogP contribution < -0.4 is 10.2 Å². The Balaban J connectivity index is 1.40. The Hall–Kier alpha value is -1.20. The summed E-state index contributed by atoms with van der Waals surface area (Å²) in [5.74, 6) is 0.876. The number of nitrogens with one attached hydrogen (secondary N) is 1. The molecule has 0 saturated carbocycles. The van der Waals surface area contributed by atoms with Crippen LogP contribution in [0.5, 0.6) is 0 Å². The molecule has 1 atom stereocenters. The molecule has 2 aliphatic heterocycles. The quantitative estimate of drug-likeness (QED) is 0.892. The Morgan fingerprint density at radius 1 is 1.10 bits per heavy atom. The van der Waals surface area contributed by atoms with E-state index in [9.17, 15) is 0 Å². The van der Waals surface area contributed by atoms with Gasteiger partial charge in [0.25, 0.3) is 0 Å². The topological polar surface area (TPSA) is 44.3 Å². The second kappa shape index (κ2) is 6.99. The first kappa shape index (κ1) is 13.8. The second-order valence-corrected chi connectivity index (χ2v) is 5.81. The van der Waals surface area contributed by atoms with Gasteiger partial charge in [-0.1, -0.05) is 6.42 Å². The fourth-order valence-electron chi connectivity index (χ4n) is 3.13. The lowest BCUT2D eigenvalue weighted by molar-refractivity contribution is 0.233. The number of nitrogens with zero attached hydrogens (tertiary/aromatic N) is 4. The number of piperidine rings is 1. The Bertz CT molecular complexity index is 383. The van der Waals surface area contributed by atoms with Crippen LogP contribution in [0.25, 0.3) is 0 Å². The average Bonchev–Trinajstić information content (AvgIpc) is 2.55. The summed E-state index contributed by atoms with van der Waals surface area (Å²) in [5.41, 5.74) is 0. The van der Waals surface area contributed by atoms with Crippen molar-refractivity contribution in [2.24, 2.45) is 0 Å². The fraction of sp³-hybridized carbons (Fsp3) is 0.733. The van der Waals surface area contributed by atoms with Gasteiger partial charge in [0.2, 0.25) is 5.95 Å². The highest BCUT2D eigenvalue weighted by Crippen LogP contribution is 2.13. The number of rotatable bonds is 4. The van der Waals surface area contributed by atoms with Crippen molar-refractivity contribution in [3.05, 3.63) is 18.5 Å². The van der Waals surface area contributed by atoms with Gasteiger partial charge in [-0.3, -0.25) is 4.90 Å². The molecule has 20 heavy (non-hydrogen) atoms. The summed E-state index contributed by atoms with van der Waals surface area (Å²) in [5, 5.41) is 3.64. The molecule has 0 aromatic carbocycles. The van der Waals surface area contributed by atoms with E-state index in [-0.39, 0.29) is 0 Å². The van der Waals surface area contributed by atoms with Crippen molar-refractivity contribution in [2.45, 2.75) is 31.7 Å². The van der Waals surface area contributed by atoms with Gasteiger partial charge >= 0.3 is 0 Å². The van der Waals surface area contributed by atoms with Gasteiger partial charge in [-0.25, -0.2) is 9.97 Å². The monoisotopic (exact) mass is 275 g/mol. The zero-order valence-electron chi connectivity index (χ0n) is 12.2. The molecule has 5 nitrogen and oxygen atoms in total. The highest BCUT2D eigenvalue weighted by Gasteiger charge is 2.20. The van der Waals surface area contributed by atoms with Crippen molar-refractivity contribution in [1.29, 1.82) is 0 Å². The van der Waals surface area contributed by atoms with Crippen molar-refractivity contribution in [3.8, 4) is 0 Å². The second-order valence-electron chi connectivity index (χ2n) is 5.81. The Labute approximate surface area is 121 Å². The molecule has 110 valence electrons. The molecular formula is C15H25N5. The molecule has 5 heteroatoms. The van der Waals surface area contributed by atoms with Gasteiger partial charge in [-0.05, 0) is 38.4 Å². The lowest BCUT2D eigenvalue weighted by Crippen LogP contribution is -2.48. The van der Waals surface area contributed by atoms with Crippen LogP contribution in [0.3, 0.4) is 0 Å². The molecule has 1 aromatic rings. The lowest BCUT2D eigenvalue weighted by Gasteiger charge is -2.35. The van der Waals surface area contributed by atoms with Gasteiger partial charge in [-0.15, -0.1) is 0 Å². The average molecular weight is 275 g/mol. The smallest absolute Gasteiger partial charge is 0.225 e. The van der Waals surface area contributed by atoms with E-state index in [1.54, 1.807) is 0 Å². The number of anilines is 1. The third kappa shape index (κ3) is 3.67. The van der Waals surface area contributed by atoms with Crippen LogP contribution in [0.2, 0.25) is 0 Å². The van der Waals surface area contributed by atoms with Crippen LogP contribution in [0.1, 0.15) is 25.7 Å². The van der Waals surface area contributed by atoms with E-state index in [4.69, 9.17) is 0 Å². The zero-order chi connectivity index (χ0) is 13.6. The van der Waals surface area contributed by atoms with Crippen LogP contribution in [0, 0.1) is 0 Å². The van der Waals surface area contributed by atoms with Crippen LogP contribution in [-0.4, -0.2) is 60.2 Å². The zero-order valence-corrected chi connectivity index (χ0v) is 12.2. The van der Waals surface area contributed by atoms with Gasteiger partial charge in [-0.2, -0.15) is 0 Å². The minimum absolute atomic E-state index is 0.749. The standard InChI is InChI=1S/C15H25N5/c1-2-6-16-14(4-1)5-9-19-10-12-20(13-11-19)15-17-7-3-8-18-15/h3,7-8,14,16H,1-2,4-6,9-13H2. The SMILES string of the molecule is c1cnc(N2CCN(CCC3CCCCN3)CC2)nc1. The maximum atomic E-state index is 4.33. The molecule has 1 aromatic heterocycles. The molecule has 0 radical (unpaired) electrons. The van der Waals surface area contributed by atoms with E-state index >= 15 is 0 Å². The molecule has 2 fully saturated rings. The van der Waals surface area contributed by atoms with Crippen LogP contribution in [0.15, 0.2) is 18.5 Å². The molecule has 1 unspecified atom stereocenters. The third-order valence-corrected chi connectivity index (χ3v) is 4.41. The van der Waals surface area contributed by atoms with Crippen molar-refractivity contribution < 1.29 is 0 Å². The van der Waals surface area contributed by atoms with Gasteiger partial charge in [0, 0.05) is 44.6 Å². The first-order chi connectivity index (χ1) is 9.92. The molecule has 2 aliphatic rings. The maximum Gasteiger partial charge on any atom is 0.225 e. The minimum Gasteiger partial charge on any atom is -0.338 e.